The third-order valence-corrected chi connectivity index (χ3v) is 1.87. The first-order valence-electron chi connectivity index (χ1n) is 4.23. The monoisotopic (exact) mass is 234 g/mol. The minimum Gasteiger partial charge on any atom is -0.497 e. The number of carbonyl (C=O) groups is 1. The number of benzene rings is 1. The fourth-order valence-electron chi connectivity index (χ4n) is 1.10. The number of halogens is 3. The van der Waals surface area contributed by atoms with E-state index < -0.39 is 17.5 Å². The molecule has 0 saturated heterocycles. The van der Waals surface area contributed by atoms with E-state index in [9.17, 15) is 18.0 Å². The first kappa shape index (κ1) is 12.4. The number of alkyl halides is 3. The summed E-state index contributed by atoms with van der Waals surface area (Å²) in [6.45, 7) is 0. The summed E-state index contributed by atoms with van der Waals surface area (Å²) in [6.07, 6.45) is -4.91. The average Bonchev–Trinajstić information content (AvgIpc) is 2.26. The molecular formula is C10H9F3O3. The Hall–Kier alpha value is -1.72. The summed E-state index contributed by atoms with van der Waals surface area (Å²) in [7, 11) is 2.58. The fourth-order valence-corrected chi connectivity index (χ4v) is 1.10. The van der Waals surface area contributed by atoms with Gasteiger partial charge < -0.3 is 9.47 Å². The molecule has 0 unspecified atom stereocenters. The standard InChI is InChI=1S/C10H9F3O3/c1-15-7-3-6(4-8(5-7)16-2)9(14)10(11,12)13/h3-5H,1-2H3. The fraction of sp³-hybridized carbons (Fsp3) is 0.300. The molecule has 0 bridgehead atoms. The molecule has 1 aromatic rings. The molecule has 0 spiro atoms. The summed E-state index contributed by atoms with van der Waals surface area (Å²) < 4.78 is 46.0. The van der Waals surface area contributed by atoms with Gasteiger partial charge in [-0.05, 0) is 12.1 Å². The molecule has 1 rings (SSSR count). The quantitative estimate of drug-likeness (QED) is 0.753. The highest BCUT2D eigenvalue weighted by Gasteiger charge is 2.39. The van der Waals surface area contributed by atoms with Crippen molar-refractivity contribution in [2.24, 2.45) is 0 Å². The van der Waals surface area contributed by atoms with E-state index in [1.807, 2.05) is 0 Å². The molecule has 0 amide bonds. The van der Waals surface area contributed by atoms with E-state index in [2.05, 4.69) is 0 Å². The minimum absolute atomic E-state index is 0.131. The highest BCUT2D eigenvalue weighted by molar-refractivity contribution is 6.00. The lowest BCUT2D eigenvalue weighted by Gasteiger charge is -2.09. The van der Waals surface area contributed by atoms with Gasteiger partial charge in [0.05, 0.1) is 14.2 Å². The van der Waals surface area contributed by atoms with E-state index in [1.54, 1.807) is 0 Å². The van der Waals surface area contributed by atoms with Crippen molar-refractivity contribution in [1.82, 2.24) is 0 Å². The largest absolute Gasteiger partial charge is 0.497 e. The Kier molecular flexibility index (Phi) is 3.41. The Morgan fingerprint density at radius 3 is 1.81 bits per heavy atom. The molecule has 0 radical (unpaired) electrons. The first-order valence-corrected chi connectivity index (χ1v) is 4.23. The molecule has 6 heteroatoms. The second-order valence-corrected chi connectivity index (χ2v) is 2.93. The van der Waals surface area contributed by atoms with E-state index >= 15 is 0 Å². The second-order valence-electron chi connectivity index (χ2n) is 2.93. The van der Waals surface area contributed by atoms with Crippen LogP contribution in [0.2, 0.25) is 0 Å². The van der Waals surface area contributed by atoms with Crippen LogP contribution in [-0.4, -0.2) is 26.2 Å². The number of ketones is 1. The number of ether oxygens (including phenoxy) is 2. The van der Waals surface area contributed by atoms with Gasteiger partial charge in [0, 0.05) is 11.6 Å². The predicted molar refractivity (Wildman–Crippen MR) is 49.9 cm³/mol. The Morgan fingerprint density at radius 1 is 1.06 bits per heavy atom. The Morgan fingerprint density at radius 2 is 1.50 bits per heavy atom. The van der Waals surface area contributed by atoms with Crippen LogP contribution in [-0.2, 0) is 0 Å². The van der Waals surface area contributed by atoms with Gasteiger partial charge in [-0.1, -0.05) is 0 Å². The number of hydrogen-bond donors (Lipinski definition) is 0. The van der Waals surface area contributed by atoms with Crippen LogP contribution in [0.1, 0.15) is 10.4 Å². The van der Waals surface area contributed by atoms with Crippen molar-refractivity contribution in [2.75, 3.05) is 14.2 Å². The molecule has 3 nitrogen and oxygen atoms in total. The average molecular weight is 234 g/mol. The van der Waals surface area contributed by atoms with Crippen LogP contribution >= 0.6 is 0 Å². The summed E-state index contributed by atoms with van der Waals surface area (Å²) in [5.74, 6) is -1.66. The van der Waals surface area contributed by atoms with Crippen molar-refractivity contribution >= 4 is 5.78 Å². The number of methoxy groups -OCH3 is 2. The molecule has 0 atom stereocenters. The van der Waals surface area contributed by atoms with E-state index in [-0.39, 0.29) is 11.5 Å². The Bertz CT molecular complexity index is 377. The minimum atomic E-state index is -4.91. The summed E-state index contributed by atoms with van der Waals surface area (Å²) in [4.78, 5) is 11.0. The van der Waals surface area contributed by atoms with Crippen LogP contribution in [0.15, 0.2) is 18.2 Å². The normalized spacial score (nSPS) is 11.1. The molecule has 0 N–H and O–H groups in total. The molecule has 1 aromatic carbocycles. The van der Waals surface area contributed by atoms with Crippen LogP contribution in [0.25, 0.3) is 0 Å². The van der Waals surface area contributed by atoms with Crippen molar-refractivity contribution in [1.29, 1.82) is 0 Å². The third kappa shape index (κ3) is 2.65. The Labute approximate surface area is 89.8 Å². The molecule has 0 fully saturated rings. The molecule has 88 valence electrons. The highest BCUT2D eigenvalue weighted by Crippen LogP contribution is 2.27. The molecule has 0 heterocycles. The van der Waals surface area contributed by atoms with Gasteiger partial charge in [0.1, 0.15) is 11.5 Å². The third-order valence-electron chi connectivity index (χ3n) is 1.87. The number of hydrogen-bond acceptors (Lipinski definition) is 3. The van der Waals surface area contributed by atoms with Gasteiger partial charge in [-0.15, -0.1) is 0 Å². The molecule has 0 aliphatic rings. The molecule has 0 aromatic heterocycles. The van der Waals surface area contributed by atoms with Gasteiger partial charge in [0.25, 0.3) is 5.78 Å². The topological polar surface area (TPSA) is 35.5 Å². The maximum Gasteiger partial charge on any atom is 0.454 e. The summed E-state index contributed by atoms with van der Waals surface area (Å²) in [6, 6.07) is 3.41. The van der Waals surface area contributed by atoms with Crippen LogP contribution in [0.5, 0.6) is 11.5 Å². The van der Waals surface area contributed by atoms with E-state index in [0.29, 0.717) is 0 Å². The number of Topliss-reactive ketones (excluding diaryl/α,β-unsaturated/α-hetero) is 1. The number of carbonyl (C=O) groups excluding carboxylic acids is 1. The lowest BCUT2D eigenvalue weighted by Crippen LogP contribution is -2.22. The van der Waals surface area contributed by atoms with Gasteiger partial charge >= 0.3 is 6.18 Å². The van der Waals surface area contributed by atoms with Gasteiger partial charge in [-0.3, -0.25) is 4.79 Å². The second kappa shape index (κ2) is 4.42. The molecular weight excluding hydrogens is 225 g/mol. The van der Waals surface area contributed by atoms with Crippen LogP contribution in [0, 0.1) is 0 Å². The Balaban J connectivity index is 3.18. The zero-order valence-electron chi connectivity index (χ0n) is 8.59. The van der Waals surface area contributed by atoms with Crippen molar-refractivity contribution in [3.8, 4) is 11.5 Å². The first-order chi connectivity index (χ1) is 7.38. The lowest BCUT2D eigenvalue weighted by molar-refractivity contribution is -0.0885. The summed E-state index contributed by atoms with van der Waals surface area (Å²) in [5.41, 5.74) is -0.510. The van der Waals surface area contributed by atoms with Crippen molar-refractivity contribution in [3.05, 3.63) is 23.8 Å². The van der Waals surface area contributed by atoms with Gasteiger partial charge in [-0.2, -0.15) is 13.2 Å². The SMILES string of the molecule is COc1cc(OC)cc(C(=O)C(F)(F)F)c1. The zero-order chi connectivity index (χ0) is 12.3. The van der Waals surface area contributed by atoms with Crippen LogP contribution in [0.4, 0.5) is 13.2 Å². The zero-order valence-corrected chi connectivity index (χ0v) is 8.59. The van der Waals surface area contributed by atoms with Gasteiger partial charge in [0.2, 0.25) is 0 Å². The predicted octanol–water partition coefficient (Wildman–Crippen LogP) is 2.45. The molecule has 0 saturated carbocycles. The van der Waals surface area contributed by atoms with E-state index in [0.717, 1.165) is 12.1 Å². The van der Waals surface area contributed by atoms with Gasteiger partial charge in [-0.25, -0.2) is 0 Å². The maximum absolute atomic E-state index is 12.2. The summed E-state index contributed by atoms with van der Waals surface area (Å²) >= 11 is 0. The number of rotatable bonds is 3. The van der Waals surface area contributed by atoms with Crippen molar-refractivity contribution in [3.63, 3.8) is 0 Å². The molecule has 0 aliphatic carbocycles. The maximum atomic E-state index is 12.2. The van der Waals surface area contributed by atoms with Gasteiger partial charge in [0.15, 0.2) is 0 Å². The molecule has 16 heavy (non-hydrogen) atoms. The van der Waals surface area contributed by atoms with Crippen LogP contribution in [0.3, 0.4) is 0 Å². The van der Waals surface area contributed by atoms with Crippen molar-refractivity contribution < 1.29 is 27.4 Å². The van der Waals surface area contributed by atoms with E-state index in [1.165, 1.54) is 20.3 Å². The lowest BCUT2D eigenvalue weighted by atomic mass is 10.1. The summed E-state index contributed by atoms with van der Waals surface area (Å²) in [5, 5.41) is 0. The smallest absolute Gasteiger partial charge is 0.454 e. The van der Waals surface area contributed by atoms with Crippen molar-refractivity contribution in [2.45, 2.75) is 6.18 Å². The van der Waals surface area contributed by atoms with E-state index in [4.69, 9.17) is 9.47 Å². The molecule has 0 aliphatic heterocycles. The van der Waals surface area contributed by atoms with Crippen LogP contribution < -0.4 is 9.47 Å². The highest BCUT2D eigenvalue weighted by atomic mass is 19.4.